The Morgan fingerprint density at radius 2 is 1.65 bits per heavy atom. The van der Waals surface area contributed by atoms with Crippen LogP contribution in [0.2, 0.25) is 0 Å². The van der Waals surface area contributed by atoms with Crippen molar-refractivity contribution in [2.24, 2.45) is 0 Å². The Bertz CT molecular complexity index is 1440. The topological polar surface area (TPSA) is 80.2 Å². The molecule has 0 aliphatic carbocycles. The number of nitrogens with one attached hydrogen (secondary N) is 1. The van der Waals surface area contributed by atoms with Gasteiger partial charge >= 0.3 is 0 Å². The van der Waals surface area contributed by atoms with E-state index in [0.29, 0.717) is 35.7 Å². The number of carbonyl (C=O) groups excluding carboxylic acids is 2. The van der Waals surface area contributed by atoms with E-state index < -0.39 is 0 Å². The number of rotatable bonds is 4. The highest BCUT2D eigenvalue weighted by atomic mass is 16.2. The van der Waals surface area contributed by atoms with Crippen LogP contribution in [0.25, 0.3) is 21.7 Å². The fourth-order valence-electron chi connectivity index (χ4n) is 5.55. The molecular weight excluding hydrogens is 424 g/mol. The van der Waals surface area contributed by atoms with Gasteiger partial charge in [-0.1, -0.05) is 30.3 Å². The zero-order valence-corrected chi connectivity index (χ0v) is 18.8. The summed E-state index contributed by atoms with van der Waals surface area (Å²) >= 11 is 0. The van der Waals surface area contributed by atoms with E-state index in [2.05, 4.69) is 22.1 Å². The maximum Gasteiger partial charge on any atom is 0.261 e. The predicted molar refractivity (Wildman–Crippen MR) is 131 cm³/mol. The van der Waals surface area contributed by atoms with Gasteiger partial charge in [-0.2, -0.15) is 5.26 Å². The molecule has 4 aromatic rings. The summed E-state index contributed by atoms with van der Waals surface area (Å²) in [4.78, 5) is 33.3. The van der Waals surface area contributed by atoms with E-state index in [-0.39, 0.29) is 11.8 Å². The Hall–Kier alpha value is -3.95. The fraction of sp³-hybridized carbons (Fsp3) is 0.250. The largest absolute Gasteiger partial charge is 0.361 e. The molecule has 6 rings (SSSR count). The van der Waals surface area contributed by atoms with Crippen LogP contribution in [0.15, 0.2) is 60.8 Å². The summed E-state index contributed by atoms with van der Waals surface area (Å²) in [5, 5.41) is 12.0. The number of fused-ring (bicyclic) bond motifs is 1. The fourth-order valence-corrected chi connectivity index (χ4v) is 5.55. The van der Waals surface area contributed by atoms with Crippen molar-refractivity contribution in [1.29, 1.82) is 5.26 Å². The van der Waals surface area contributed by atoms with Crippen LogP contribution in [0.3, 0.4) is 0 Å². The van der Waals surface area contributed by atoms with Gasteiger partial charge in [0.2, 0.25) is 0 Å². The number of likely N-dealkylation sites (tertiary alicyclic amines) is 1. The van der Waals surface area contributed by atoms with Gasteiger partial charge in [-0.15, -0.1) is 0 Å². The number of benzene rings is 3. The lowest BCUT2D eigenvalue weighted by Gasteiger charge is -2.34. The predicted octanol–water partition coefficient (Wildman–Crippen LogP) is 4.67. The van der Waals surface area contributed by atoms with Gasteiger partial charge in [0.05, 0.1) is 11.6 Å². The number of imide groups is 1. The lowest BCUT2D eigenvalue weighted by Crippen LogP contribution is -2.45. The number of amides is 2. The van der Waals surface area contributed by atoms with Crippen LogP contribution >= 0.6 is 0 Å². The van der Waals surface area contributed by atoms with Crippen LogP contribution in [0, 0.1) is 11.3 Å². The van der Waals surface area contributed by atoms with E-state index in [1.54, 1.807) is 0 Å². The first-order valence-corrected chi connectivity index (χ1v) is 11.8. The summed E-state index contributed by atoms with van der Waals surface area (Å²) in [6.45, 7) is 2.94. The van der Waals surface area contributed by atoms with E-state index in [1.807, 2.05) is 54.6 Å². The number of carbonyl (C=O) groups is 2. The van der Waals surface area contributed by atoms with Crippen LogP contribution < -0.4 is 0 Å². The molecule has 0 spiro atoms. The van der Waals surface area contributed by atoms with Crippen LogP contribution in [0.1, 0.15) is 50.6 Å². The summed E-state index contributed by atoms with van der Waals surface area (Å²) in [6.07, 6.45) is 4.13. The molecule has 2 aliphatic heterocycles. The van der Waals surface area contributed by atoms with Gasteiger partial charge in [0.1, 0.15) is 0 Å². The molecule has 2 amide bonds. The SMILES string of the molecule is N#Cc1ccc2c(C3CCN(CCN4C(=O)c5cccc6cccc(c56)C4=O)CC3)c[nH]c2c1. The number of hydrogen-bond acceptors (Lipinski definition) is 4. The molecule has 0 unspecified atom stereocenters. The minimum absolute atomic E-state index is 0.195. The zero-order chi connectivity index (χ0) is 23.2. The first kappa shape index (κ1) is 20.6. The van der Waals surface area contributed by atoms with Crippen molar-refractivity contribution in [2.75, 3.05) is 26.2 Å². The molecule has 0 bridgehead atoms. The second kappa shape index (κ2) is 8.12. The van der Waals surface area contributed by atoms with Crippen LogP contribution in [0.5, 0.6) is 0 Å². The molecule has 2 aliphatic rings. The van der Waals surface area contributed by atoms with Crippen molar-refractivity contribution in [3.05, 3.63) is 83.0 Å². The number of hydrogen-bond donors (Lipinski definition) is 1. The maximum atomic E-state index is 13.1. The molecule has 34 heavy (non-hydrogen) atoms. The summed E-state index contributed by atoms with van der Waals surface area (Å²) in [5.41, 5.74) is 4.21. The zero-order valence-electron chi connectivity index (χ0n) is 18.8. The van der Waals surface area contributed by atoms with Crippen molar-refractivity contribution in [3.8, 4) is 6.07 Å². The van der Waals surface area contributed by atoms with Gasteiger partial charge in [0.25, 0.3) is 11.8 Å². The van der Waals surface area contributed by atoms with Gasteiger partial charge in [-0.05, 0) is 67.1 Å². The smallest absolute Gasteiger partial charge is 0.261 e. The molecular formula is C28H24N4O2. The molecule has 6 heteroatoms. The molecule has 6 nitrogen and oxygen atoms in total. The molecule has 1 saturated heterocycles. The highest BCUT2D eigenvalue weighted by Crippen LogP contribution is 2.34. The third-order valence-corrected chi connectivity index (χ3v) is 7.37. The van der Waals surface area contributed by atoms with Gasteiger partial charge in [0, 0.05) is 46.7 Å². The first-order valence-electron chi connectivity index (χ1n) is 11.8. The van der Waals surface area contributed by atoms with Crippen molar-refractivity contribution >= 4 is 33.5 Å². The average Bonchev–Trinajstić information content (AvgIpc) is 3.30. The monoisotopic (exact) mass is 448 g/mol. The average molecular weight is 449 g/mol. The van der Waals surface area contributed by atoms with E-state index in [1.165, 1.54) is 15.8 Å². The normalized spacial score (nSPS) is 17.0. The molecule has 168 valence electrons. The Labute approximate surface area is 197 Å². The van der Waals surface area contributed by atoms with Crippen molar-refractivity contribution in [2.45, 2.75) is 18.8 Å². The van der Waals surface area contributed by atoms with E-state index >= 15 is 0 Å². The third-order valence-electron chi connectivity index (χ3n) is 7.37. The summed E-state index contributed by atoms with van der Waals surface area (Å²) < 4.78 is 0. The van der Waals surface area contributed by atoms with Crippen molar-refractivity contribution < 1.29 is 9.59 Å². The van der Waals surface area contributed by atoms with Crippen molar-refractivity contribution in [3.63, 3.8) is 0 Å². The Kier molecular flexibility index (Phi) is 4.93. The number of H-pyrrole nitrogens is 1. The van der Waals surface area contributed by atoms with E-state index in [4.69, 9.17) is 5.26 Å². The van der Waals surface area contributed by atoms with Crippen LogP contribution in [-0.2, 0) is 0 Å². The highest BCUT2D eigenvalue weighted by Gasteiger charge is 2.33. The van der Waals surface area contributed by atoms with Crippen LogP contribution in [-0.4, -0.2) is 52.8 Å². The molecule has 0 radical (unpaired) electrons. The van der Waals surface area contributed by atoms with Gasteiger partial charge in [-0.25, -0.2) is 0 Å². The molecule has 3 heterocycles. The highest BCUT2D eigenvalue weighted by molar-refractivity contribution is 6.25. The molecule has 1 N–H and O–H groups in total. The van der Waals surface area contributed by atoms with E-state index in [9.17, 15) is 9.59 Å². The Morgan fingerprint density at radius 3 is 2.32 bits per heavy atom. The van der Waals surface area contributed by atoms with Crippen LogP contribution in [0.4, 0.5) is 0 Å². The number of aromatic nitrogens is 1. The first-order chi connectivity index (χ1) is 16.6. The summed E-state index contributed by atoms with van der Waals surface area (Å²) in [7, 11) is 0. The Balaban J connectivity index is 1.12. The second-order valence-corrected chi connectivity index (χ2v) is 9.20. The lowest BCUT2D eigenvalue weighted by atomic mass is 9.89. The number of piperidine rings is 1. The summed E-state index contributed by atoms with van der Waals surface area (Å²) in [5.74, 6) is 0.0695. The minimum atomic E-state index is -0.195. The molecule has 0 atom stereocenters. The van der Waals surface area contributed by atoms with Gasteiger partial charge in [0.15, 0.2) is 0 Å². The number of nitriles is 1. The minimum Gasteiger partial charge on any atom is -0.361 e. The molecule has 0 saturated carbocycles. The number of aromatic amines is 1. The van der Waals surface area contributed by atoms with E-state index in [0.717, 1.165) is 42.2 Å². The number of nitrogens with zero attached hydrogens (tertiary/aromatic N) is 3. The van der Waals surface area contributed by atoms with Crippen molar-refractivity contribution in [1.82, 2.24) is 14.8 Å². The molecule has 1 aromatic heterocycles. The second-order valence-electron chi connectivity index (χ2n) is 9.20. The summed E-state index contributed by atoms with van der Waals surface area (Å²) in [6, 6.07) is 19.3. The van der Waals surface area contributed by atoms with Gasteiger partial charge in [-0.3, -0.25) is 14.5 Å². The standard InChI is InChI=1S/C28H24N4O2/c29-16-18-7-8-21-24(17-30-25(21)15-18)19-9-11-31(12-10-19)13-14-32-27(33)22-5-1-3-20-4-2-6-23(26(20)22)28(32)34/h1-8,15,17,19,30H,9-14H2. The quantitative estimate of drug-likeness (QED) is 0.460. The molecule has 3 aromatic carbocycles. The Morgan fingerprint density at radius 1 is 0.941 bits per heavy atom. The third kappa shape index (κ3) is 3.28. The maximum absolute atomic E-state index is 13.1. The molecule has 1 fully saturated rings. The van der Waals surface area contributed by atoms with Gasteiger partial charge < -0.3 is 9.88 Å². The lowest BCUT2D eigenvalue weighted by molar-refractivity contribution is 0.0586.